The van der Waals surface area contributed by atoms with Crippen molar-refractivity contribution in [1.82, 2.24) is 15.0 Å². The summed E-state index contributed by atoms with van der Waals surface area (Å²) >= 11 is 0. The molecule has 0 saturated carbocycles. The molecule has 0 saturated heterocycles. The fraction of sp³-hybridized carbons (Fsp3) is 0.300. The van der Waals surface area contributed by atoms with Crippen LogP contribution in [0, 0.1) is 6.92 Å². The number of allylic oxidation sites excluding steroid dienone is 1. The van der Waals surface area contributed by atoms with Crippen LogP contribution in [0.5, 0.6) is 0 Å². The number of unbranched alkanes of at least 4 members (excludes halogenated alkanes) is 1. The van der Waals surface area contributed by atoms with Crippen molar-refractivity contribution in [2.24, 2.45) is 0 Å². The number of benzene rings is 2. The van der Waals surface area contributed by atoms with E-state index in [4.69, 9.17) is 0 Å². The normalized spacial score (nSPS) is 13.0. The zero-order valence-corrected chi connectivity index (χ0v) is 13.8. The molecule has 0 aliphatic carbocycles. The van der Waals surface area contributed by atoms with Gasteiger partial charge < -0.3 is 0 Å². The number of para-hydroxylation sites is 1. The van der Waals surface area contributed by atoms with E-state index in [1.807, 2.05) is 18.2 Å². The van der Waals surface area contributed by atoms with E-state index < -0.39 is 0 Å². The molecule has 0 amide bonds. The van der Waals surface area contributed by atoms with Crippen LogP contribution in [-0.2, 0) is 0 Å². The Bertz CT molecular complexity index is 784. The van der Waals surface area contributed by atoms with Gasteiger partial charge in [-0.05, 0) is 31.0 Å². The topological polar surface area (TPSA) is 30.7 Å². The first-order valence-electron chi connectivity index (χ1n) is 8.32. The van der Waals surface area contributed by atoms with Gasteiger partial charge in [0.15, 0.2) is 0 Å². The molecule has 3 heteroatoms. The molecular weight excluding hydrogens is 282 g/mol. The third kappa shape index (κ3) is 3.67. The van der Waals surface area contributed by atoms with Crippen LogP contribution in [0.3, 0.4) is 0 Å². The molecule has 1 aromatic heterocycles. The van der Waals surface area contributed by atoms with Gasteiger partial charge in [-0.2, -0.15) is 0 Å². The summed E-state index contributed by atoms with van der Waals surface area (Å²) in [5, 5.41) is 8.68. The molecule has 0 bridgehead atoms. The molecule has 0 N–H and O–H groups in total. The molecular formula is C20H23N3. The highest BCUT2D eigenvalue weighted by Crippen LogP contribution is 2.22. The number of aromatic nitrogens is 3. The minimum atomic E-state index is 0.239. The minimum absolute atomic E-state index is 0.239. The molecule has 3 nitrogen and oxygen atoms in total. The van der Waals surface area contributed by atoms with Crippen LogP contribution in [0.15, 0.2) is 54.6 Å². The lowest BCUT2D eigenvalue weighted by atomic mass is 10.1. The average Bonchev–Trinajstić information content (AvgIpc) is 3.01. The van der Waals surface area contributed by atoms with Crippen molar-refractivity contribution in [1.29, 1.82) is 0 Å². The summed E-state index contributed by atoms with van der Waals surface area (Å²) in [6.45, 7) is 4.33. The molecule has 0 spiro atoms. The second kappa shape index (κ2) is 7.23. The van der Waals surface area contributed by atoms with E-state index in [-0.39, 0.29) is 6.04 Å². The highest BCUT2D eigenvalue weighted by molar-refractivity contribution is 5.74. The van der Waals surface area contributed by atoms with Crippen molar-refractivity contribution in [3.63, 3.8) is 0 Å². The molecule has 1 unspecified atom stereocenters. The Labute approximate surface area is 137 Å². The van der Waals surface area contributed by atoms with Gasteiger partial charge in [0.05, 0.1) is 11.6 Å². The second-order valence-electron chi connectivity index (χ2n) is 6.00. The number of nitrogens with zero attached hydrogens (tertiary/aromatic N) is 3. The van der Waals surface area contributed by atoms with E-state index in [0.29, 0.717) is 0 Å². The average molecular weight is 305 g/mol. The summed E-state index contributed by atoms with van der Waals surface area (Å²) < 4.78 is 2.05. The Hall–Kier alpha value is -2.42. The third-order valence-electron chi connectivity index (χ3n) is 4.13. The van der Waals surface area contributed by atoms with Gasteiger partial charge >= 0.3 is 0 Å². The van der Waals surface area contributed by atoms with Gasteiger partial charge in [0.2, 0.25) is 0 Å². The first kappa shape index (κ1) is 15.5. The van der Waals surface area contributed by atoms with Crippen LogP contribution in [0.25, 0.3) is 17.1 Å². The molecule has 2 aromatic carbocycles. The number of hydrogen-bond acceptors (Lipinski definition) is 2. The molecule has 3 aromatic rings. The van der Waals surface area contributed by atoms with E-state index >= 15 is 0 Å². The Balaban J connectivity index is 1.89. The van der Waals surface area contributed by atoms with E-state index in [0.717, 1.165) is 17.5 Å². The molecule has 23 heavy (non-hydrogen) atoms. The number of rotatable bonds is 6. The smallest absolute Gasteiger partial charge is 0.113 e. The van der Waals surface area contributed by atoms with Gasteiger partial charge in [-0.25, -0.2) is 4.68 Å². The van der Waals surface area contributed by atoms with E-state index in [1.54, 1.807) is 0 Å². The van der Waals surface area contributed by atoms with Gasteiger partial charge in [-0.15, -0.1) is 5.10 Å². The van der Waals surface area contributed by atoms with Crippen LogP contribution >= 0.6 is 0 Å². The van der Waals surface area contributed by atoms with E-state index in [2.05, 4.69) is 71.3 Å². The molecule has 0 fully saturated rings. The first-order valence-corrected chi connectivity index (χ1v) is 8.32. The lowest BCUT2D eigenvalue weighted by molar-refractivity contribution is 0.486. The number of aryl methyl sites for hydroxylation is 1. The van der Waals surface area contributed by atoms with Gasteiger partial charge in [0.25, 0.3) is 0 Å². The predicted octanol–water partition coefficient (Wildman–Crippen LogP) is 5.18. The molecule has 1 heterocycles. The van der Waals surface area contributed by atoms with Gasteiger partial charge in [-0.3, -0.25) is 0 Å². The van der Waals surface area contributed by atoms with E-state index in [1.165, 1.54) is 24.0 Å². The van der Waals surface area contributed by atoms with Gasteiger partial charge in [0.1, 0.15) is 5.52 Å². The lowest BCUT2D eigenvalue weighted by Crippen LogP contribution is -2.08. The Morgan fingerprint density at radius 2 is 1.87 bits per heavy atom. The minimum Gasteiger partial charge on any atom is -0.238 e. The van der Waals surface area contributed by atoms with Crippen molar-refractivity contribution in [2.45, 2.75) is 39.2 Å². The van der Waals surface area contributed by atoms with Crippen LogP contribution in [-0.4, -0.2) is 15.0 Å². The summed E-state index contributed by atoms with van der Waals surface area (Å²) in [6.07, 6.45) is 7.88. The van der Waals surface area contributed by atoms with Gasteiger partial charge in [-0.1, -0.05) is 79.1 Å². The monoisotopic (exact) mass is 305 g/mol. The Morgan fingerprint density at radius 1 is 1.09 bits per heavy atom. The predicted molar refractivity (Wildman–Crippen MR) is 96.3 cm³/mol. The Morgan fingerprint density at radius 3 is 2.65 bits per heavy atom. The molecule has 0 aliphatic heterocycles. The summed E-state index contributed by atoms with van der Waals surface area (Å²) in [4.78, 5) is 0. The second-order valence-corrected chi connectivity index (χ2v) is 6.00. The fourth-order valence-corrected chi connectivity index (χ4v) is 2.75. The zero-order chi connectivity index (χ0) is 16.1. The Kier molecular flexibility index (Phi) is 4.86. The molecule has 118 valence electrons. The van der Waals surface area contributed by atoms with Crippen LogP contribution in [0.1, 0.15) is 43.4 Å². The van der Waals surface area contributed by atoms with Crippen LogP contribution in [0.2, 0.25) is 0 Å². The van der Waals surface area contributed by atoms with Crippen molar-refractivity contribution in [3.8, 4) is 0 Å². The van der Waals surface area contributed by atoms with Crippen molar-refractivity contribution < 1.29 is 0 Å². The summed E-state index contributed by atoms with van der Waals surface area (Å²) in [5.74, 6) is 0. The molecule has 3 rings (SSSR count). The lowest BCUT2D eigenvalue weighted by Gasteiger charge is -2.13. The quantitative estimate of drug-likeness (QED) is 0.628. The highest BCUT2D eigenvalue weighted by Gasteiger charge is 2.12. The van der Waals surface area contributed by atoms with Crippen LogP contribution < -0.4 is 0 Å². The van der Waals surface area contributed by atoms with Crippen molar-refractivity contribution in [3.05, 3.63) is 65.7 Å². The number of hydrogen-bond donors (Lipinski definition) is 0. The molecule has 0 aliphatic rings. The summed E-state index contributed by atoms with van der Waals surface area (Å²) in [7, 11) is 0. The number of fused-ring (bicyclic) bond motifs is 1. The third-order valence-corrected chi connectivity index (χ3v) is 4.13. The standard InChI is InChI=1S/C20H23N3/c1-3-4-7-18(15-14-17-12-10-16(2)11-13-17)23-20-9-6-5-8-19(20)21-22-23/h5-6,8-15,18H,3-4,7H2,1-2H3/b15-14+. The van der Waals surface area contributed by atoms with Crippen molar-refractivity contribution >= 4 is 17.1 Å². The fourth-order valence-electron chi connectivity index (χ4n) is 2.75. The maximum absolute atomic E-state index is 4.39. The zero-order valence-electron chi connectivity index (χ0n) is 13.8. The van der Waals surface area contributed by atoms with Gasteiger partial charge in [0, 0.05) is 0 Å². The van der Waals surface area contributed by atoms with E-state index in [9.17, 15) is 0 Å². The summed E-state index contributed by atoms with van der Waals surface area (Å²) in [5.41, 5.74) is 4.56. The molecule has 1 atom stereocenters. The first-order chi connectivity index (χ1) is 11.3. The SMILES string of the molecule is CCCCC(/C=C/c1ccc(C)cc1)n1nnc2ccccc21. The van der Waals surface area contributed by atoms with Crippen molar-refractivity contribution in [2.75, 3.05) is 0 Å². The summed E-state index contributed by atoms with van der Waals surface area (Å²) in [6, 6.07) is 17.0. The maximum atomic E-state index is 4.39. The molecule has 0 radical (unpaired) electrons. The van der Waals surface area contributed by atoms with Crippen LogP contribution in [0.4, 0.5) is 0 Å². The highest BCUT2D eigenvalue weighted by atomic mass is 15.4. The largest absolute Gasteiger partial charge is 0.238 e. The maximum Gasteiger partial charge on any atom is 0.113 e.